The van der Waals surface area contributed by atoms with Gasteiger partial charge in [-0.25, -0.2) is 0 Å². The van der Waals surface area contributed by atoms with Gasteiger partial charge in [0.2, 0.25) is 0 Å². The van der Waals surface area contributed by atoms with Gasteiger partial charge < -0.3 is 10.1 Å². The first-order valence-electron chi connectivity index (χ1n) is 5.17. The SMILES string of the molecule is COc1ccc([C@H]2C[C@@H](C)CN2)cc1. The van der Waals surface area contributed by atoms with Crippen LogP contribution in [0, 0.1) is 5.92 Å². The molecule has 0 unspecified atom stereocenters. The van der Waals surface area contributed by atoms with Crippen LogP contribution in [0.25, 0.3) is 0 Å². The summed E-state index contributed by atoms with van der Waals surface area (Å²) in [6, 6.07) is 8.89. The topological polar surface area (TPSA) is 21.3 Å². The van der Waals surface area contributed by atoms with Gasteiger partial charge in [-0.05, 0) is 36.6 Å². The Morgan fingerprint density at radius 3 is 2.50 bits per heavy atom. The minimum Gasteiger partial charge on any atom is -0.497 e. The Bertz CT molecular complexity index is 294. The Hall–Kier alpha value is -1.02. The number of hydrogen-bond acceptors (Lipinski definition) is 2. The van der Waals surface area contributed by atoms with Crippen molar-refractivity contribution in [2.45, 2.75) is 19.4 Å². The van der Waals surface area contributed by atoms with Crippen LogP contribution in [0.3, 0.4) is 0 Å². The molecule has 1 aromatic rings. The highest BCUT2D eigenvalue weighted by atomic mass is 16.5. The molecule has 1 saturated heterocycles. The van der Waals surface area contributed by atoms with E-state index in [1.54, 1.807) is 7.11 Å². The lowest BCUT2D eigenvalue weighted by Crippen LogP contribution is -2.13. The highest BCUT2D eigenvalue weighted by Crippen LogP contribution is 2.27. The lowest BCUT2D eigenvalue weighted by molar-refractivity contribution is 0.414. The molecular formula is C12H17NO. The molecule has 1 fully saturated rings. The van der Waals surface area contributed by atoms with Gasteiger partial charge in [-0.2, -0.15) is 0 Å². The monoisotopic (exact) mass is 191 g/mol. The summed E-state index contributed by atoms with van der Waals surface area (Å²) in [6.45, 7) is 3.42. The molecule has 0 aliphatic carbocycles. The number of benzene rings is 1. The van der Waals surface area contributed by atoms with Gasteiger partial charge in [-0.1, -0.05) is 19.1 Å². The number of methoxy groups -OCH3 is 1. The highest BCUT2D eigenvalue weighted by Gasteiger charge is 2.21. The van der Waals surface area contributed by atoms with E-state index in [0.29, 0.717) is 6.04 Å². The minimum absolute atomic E-state index is 0.538. The number of rotatable bonds is 2. The lowest BCUT2D eigenvalue weighted by atomic mass is 10.0. The minimum atomic E-state index is 0.538. The van der Waals surface area contributed by atoms with E-state index in [1.165, 1.54) is 12.0 Å². The summed E-state index contributed by atoms with van der Waals surface area (Å²) >= 11 is 0. The molecule has 1 N–H and O–H groups in total. The maximum atomic E-state index is 5.13. The molecule has 1 aliphatic heterocycles. The Morgan fingerprint density at radius 2 is 2.00 bits per heavy atom. The highest BCUT2D eigenvalue weighted by molar-refractivity contribution is 5.29. The predicted octanol–water partition coefficient (Wildman–Crippen LogP) is 2.37. The first-order chi connectivity index (χ1) is 6.79. The molecule has 2 rings (SSSR count). The third-order valence-corrected chi connectivity index (χ3v) is 2.87. The average Bonchev–Trinajstić information content (AvgIpc) is 2.65. The molecule has 1 aliphatic rings. The fourth-order valence-corrected chi connectivity index (χ4v) is 2.00. The maximum absolute atomic E-state index is 5.13. The summed E-state index contributed by atoms with van der Waals surface area (Å²) in [4.78, 5) is 0. The van der Waals surface area contributed by atoms with E-state index in [4.69, 9.17) is 4.74 Å². The molecule has 0 amide bonds. The molecule has 1 aromatic carbocycles. The van der Waals surface area contributed by atoms with Gasteiger partial charge in [-0.15, -0.1) is 0 Å². The fourth-order valence-electron chi connectivity index (χ4n) is 2.00. The van der Waals surface area contributed by atoms with Crippen molar-refractivity contribution in [3.63, 3.8) is 0 Å². The van der Waals surface area contributed by atoms with Crippen LogP contribution in [-0.2, 0) is 0 Å². The zero-order valence-corrected chi connectivity index (χ0v) is 8.79. The van der Waals surface area contributed by atoms with Gasteiger partial charge in [0.15, 0.2) is 0 Å². The number of nitrogens with one attached hydrogen (secondary N) is 1. The van der Waals surface area contributed by atoms with Crippen molar-refractivity contribution in [3.05, 3.63) is 29.8 Å². The molecule has 0 aromatic heterocycles. The van der Waals surface area contributed by atoms with Crippen LogP contribution in [-0.4, -0.2) is 13.7 Å². The molecule has 2 atom stereocenters. The number of ether oxygens (including phenoxy) is 1. The van der Waals surface area contributed by atoms with Crippen molar-refractivity contribution in [3.8, 4) is 5.75 Å². The zero-order valence-electron chi connectivity index (χ0n) is 8.79. The smallest absolute Gasteiger partial charge is 0.118 e. The van der Waals surface area contributed by atoms with Gasteiger partial charge in [0.1, 0.15) is 5.75 Å². The van der Waals surface area contributed by atoms with Crippen molar-refractivity contribution in [1.29, 1.82) is 0 Å². The average molecular weight is 191 g/mol. The third kappa shape index (κ3) is 1.90. The van der Waals surface area contributed by atoms with E-state index < -0.39 is 0 Å². The molecule has 14 heavy (non-hydrogen) atoms. The van der Waals surface area contributed by atoms with Crippen molar-refractivity contribution in [2.75, 3.05) is 13.7 Å². The predicted molar refractivity (Wildman–Crippen MR) is 57.5 cm³/mol. The van der Waals surface area contributed by atoms with Crippen LogP contribution in [0.15, 0.2) is 24.3 Å². The molecule has 76 valence electrons. The van der Waals surface area contributed by atoms with Crippen LogP contribution in [0.5, 0.6) is 5.75 Å². The van der Waals surface area contributed by atoms with Gasteiger partial charge in [0, 0.05) is 6.04 Å². The Balaban J connectivity index is 2.09. The third-order valence-electron chi connectivity index (χ3n) is 2.87. The van der Waals surface area contributed by atoms with Crippen LogP contribution in [0.4, 0.5) is 0 Å². The van der Waals surface area contributed by atoms with Crippen LogP contribution in [0.1, 0.15) is 24.9 Å². The molecule has 0 saturated carbocycles. The summed E-state index contributed by atoms with van der Waals surface area (Å²) in [5, 5.41) is 3.52. The second kappa shape index (κ2) is 4.01. The van der Waals surface area contributed by atoms with Gasteiger partial charge in [-0.3, -0.25) is 0 Å². The summed E-state index contributed by atoms with van der Waals surface area (Å²) in [5.74, 6) is 1.72. The lowest BCUT2D eigenvalue weighted by Gasteiger charge is -2.10. The Labute approximate surface area is 85.3 Å². The van der Waals surface area contributed by atoms with E-state index in [0.717, 1.165) is 18.2 Å². The standard InChI is InChI=1S/C12H17NO/c1-9-7-12(13-8-9)10-3-5-11(14-2)6-4-10/h3-6,9,12-13H,7-8H2,1-2H3/t9-,12-/m1/s1. The van der Waals surface area contributed by atoms with Gasteiger partial charge in [0.05, 0.1) is 7.11 Å². The van der Waals surface area contributed by atoms with E-state index in [1.807, 2.05) is 12.1 Å². The van der Waals surface area contributed by atoms with Gasteiger partial charge in [0.25, 0.3) is 0 Å². The van der Waals surface area contributed by atoms with Crippen LogP contribution >= 0.6 is 0 Å². The molecule has 2 nitrogen and oxygen atoms in total. The summed E-state index contributed by atoms with van der Waals surface area (Å²) in [7, 11) is 1.70. The van der Waals surface area contributed by atoms with Gasteiger partial charge >= 0.3 is 0 Å². The molecule has 0 bridgehead atoms. The summed E-state index contributed by atoms with van der Waals surface area (Å²) in [5.41, 5.74) is 1.37. The van der Waals surface area contributed by atoms with E-state index in [9.17, 15) is 0 Å². The first-order valence-corrected chi connectivity index (χ1v) is 5.17. The summed E-state index contributed by atoms with van der Waals surface area (Å²) in [6.07, 6.45) is 1.24. The molecule has 0 spiro atoms. The zero-order chi connectivity index (χ0) is 9.97. The van der Waals surface area contributed by atoms with Crippen molar-refractivity contribution >= 4 is 0 Å². The van der Waals surface area contributed by atoms with E-state index >= 15 is 0 Å². The molecular weight excluding hydrogens is 174 g/mol. The normalized spacial score (nSPS) is 26.4. The van der Waals surface area contributed by atoms with E-state index in [2.05, 4.69) is 24.4 Å². The quantitative estimate of drug-likeness (QED) is 0.775. The Morgan fingerprint density at radius 1 is 1.29 bits per heavy atom. The molecule has 1 heterocycles. The number of hydrogen-bond donors (Lipinski definition) is 1. The fraction of sp³-hybridized carbons (Fsp3) is 0.500. The second-order valence-corrected chi connectivity index (χ2v) is 4.07. The maximum Gasteiger partial charge on any atom is 0.118 e. The van der Waals surface area contributed by atoms with E-state index in [-0.39, 0.29) is 0 Å². The second-order valence-electron chi connectivity index (χ2n) is 4.07. The van der Waals surface area contributed by atoms with Crippen molar-refractivity contribution in [1.82, 2.24) is 5.32 Å². The Kier molecular flexibility index (Phi) is 2.73. The first kappa shape index (κ1) is 9.53. The summed E-state index contributed by atoms with van der Waals surface area (Å²) < 4.78 is 5.13. The molecule has 0 radical (unpaired) electrons. The van der Waals surface area contributed by atoms with Crippen molar-refractivity contribution in [2.24, 2.45) is 5.92 Å². The van der Waals surface area contributed by atoms with Crippen LogP contribution < -0.4 is 10.1 Å². The van der Waals surface area contributed by atoms with Crippen LogP contribution in [0.2, 0.25) is 0 Å². The molecule has 2 heteroatoms. The van der Waals surface area contributed by atoms with Crippen molar-refractivity contribution < 1.29 is 4.74 Å². The largest absolute Gasteiger partial charge is 0.497 e.